The predicted octanol–water partition coefficient (Wildman–Crippen LogP) is 4.60. The van der Waals surface area contributed by atoms with Gasteiger partial charge in [0.1, 0.15) is 17.2 Å². The number of carbonyl (C=O) groups is 1. The van der Waals surface area contributed by atoms with Crippen molar-refractivity contribution in [2.45, 2.75) is 42.9 Å². The van der Waals surface area contributed by atoms with E-state index in [0.717, 1.165) is 28.6 Å². The lowest BCUT2D eigenvalue weighted by atomic mass is 10.1. The van der Waals surface area contributed by atoms with Gasteiger partial charge in [-0.3, -0.25) is 4.79 Å². The maximum absolute atomic E-state index is 13.5. The van der Waals surface area contributed by atoms with Crippen molar-refractivity contribution in [2.24, 2.45) is 0 Å². The Morgan fingerprint density at radius 2 is 1.69 bits per heavy atom. The fourth-order valence-corrected chi connectivity index (χ4v) is 6.90. The first-order valence-corrected chi connectivity index (χ1v) is 15.0. The van der Waals surface area contributed by atoms with Crippen LogP contribution in [0.3, 0.4) is 0 Å². The van der Waals surface area contributed by atoms with Gasteiger partial charge in [-0.15, -0.1) is 0 Å². The Hall–Kier alpha value is -3.55. The van der Waals surface area contributed by atoms with Crippen LogP contribution in [0.5, 0.6) is 0 Å². The Morgan fingerprint density at radius 1 is 1.05 bits per heavy atom. The number of halogens is 4. The summed E-state index contributed by atoms with van der Waals surface area (Å²) in [5, 5.41) is 2.86. The highest BCUT2D eigenvalue weighted by atomic mass is 32.2. The van der Waals surface area contributed by atoms with Crippen LogP contribution in [-0.4, -0.2) is 62.0 Å². The molecule has 8 nitrogen and oxygen atoms in total. The molecule has 0 unspecified atom stereocenters. The molecule has 1 amide bonds. The summed E-state index contributed by atoms with van der Waals surface area (Å²) in [4.78, 5) is 20.1. The topological polar surface area (TPSA) is 91.8 Å². The number of rotatable bonds is 9. The van der Waals surface area contributed by atoms with Crippen LogP contribution in [0.15, 0.2) is 65.6 Å². The van der Waals surface area contributed by atoms with Crippen molar-refractivity contribution in [3.8, 4) is 11.3 Å². The number of nitrogens with one attached hydrogen (secondary N) is 1. The first kappa shape index (κ1) is 29.9. The number of anilines is 1. The summed E-state index contributed by atoms with van der Waals surface area (Å²) in [5.74, 6) is -0.439. The second kappa shape index (κ2) is 11.6. The zero-order valence-electron chi connectivity index (χ0n) is 22.8. The predicted molar refractivity (Wildman–Crippen MR) is 147 cm³/mol. The van der Waals surface area contributed by atoms with E-state index in [1.807, 2.05) is 4.90 Å². The van der Waals surface area contributed by atoms with Gasteiger partial charge >= 0.3 is 6.18 Å². The third kappa shape index (κ3) is 6.13. The number of sulfonamides is 1. The van der Waals surface area contributed by atoms with Gasteiger partial charge in [-0.2, -0.15) is 17.5 Å². The van der Waals surface area contributed by atoms with Crippen molar-refractivity contribution in [1.82, 2.24) is 14.6 Å². The third-order valence-electron chi connectivity index (χ3n) is 7.48. The minimum Gasteiger partial charge on any atom is -0.378 e. The smallest absolute Gasteiger partial charge is 0.378 e. The van der Waals surface area contributed by atoms with E-state index in [2.05, 4.69) is 10.3 Å². The average Bonchev–Trinajstić information content (AvgIpc) is 3.78. The average molecular weight is 607 g/mol. The summed E-state index contributed by atoms with van der Waals surface area (Å²) in [6.07, 6.45) is -3.80. The van der Waals surface area contributed by atoms with Crippen molar-refractivity contribution in [2.75, 3.05) is 37.7 Å². The second-order valence-corrected chi connectivity index (χ2v) is 12.1. The maximum Gasteiger partial charge on any atom is 0.416 e. The number of benzene rings is 2. The van der Waals surface area contributed by atoms with Gasteiger partial charge in [-0.25, -0.2) is 17.8 Å². The van der Waals surface area contributed by atoms with Crippen molar-refractivity contribution in [3.05, 3.63) is 77.6 Å². The maximum atomic E-state index is 13.5. The van der Waals surface area contributed by atoms with Gasteiger partial charge in [-0.05, 0) is 66.9 Å². The van der Waals surface area contributed by atoms with Crippen molar-refractivity contribution >= 4 is 21.7 Å². The van der Waals surface area contributed by atoms with E-state index < -0.39 is 39.0 Å². The molecular formula is C29H30F4N4O4S. The van der Waals surface area contributed by atoms with Crippen LogP contribution in [0.1, 0.15) is 30.9 Å². The van der Waals surface area contributed by atoms with E-state index in [9.17, 15) is 30.8 Å². The van der Waals surface area contributed by atoms with Crippen molar-refractivity contribution in [1.29, 1.82) is 0 Å². The number of amides is 1. The fraction of sp³-hybridized carbons (Fsp3) is 0.379. The molecule has 42 heavy (non-hydrogen) atoms. The molecule has 5 rings (SSSR count). The third-order valence-corrected chi connectivity index (χ3v) is 9.54. The van der Waals surface area contributed by atoms with E-state index in [-0.39, 0.29) is 18.0 Å². The zero-order valence-corrected chi connectivity index (χ0v) is 23.6. The Labute approximate surface area is 241 Å². The van der Waals surface area contributed by atoms with Crippen LogP contribution in [0, 0.1) is 5.82 Å². The normalized spacial score (nSPS) is 16.9. The van der Waals surface area contributed by atoms with Gasteiger partial charge in [0.25, 0.3) is 0 Å². The van der Waals surface area contributed by atoms with Crippen molar-refractivity contribution < 1.29 is 35.5 Å². The van der Waals surface area contributed by atoms with Gasteiger partial charge in [0.05, 0.1) is 29.4 Å². The highest BCUT2D eigenvalue weighted by molar-refractivity contribution is 7.89. The van der Waals surface area contributed by atoms with Crippen LogP contribution < -0.4 is 10.2 Å². The number of pyridine rings is 1. The van der Waals surface area contributed by atoms with Crippen LogP contribution in [0.25, 0.3) is 11.3 Å². The molecule has 1 aliphatic carbocycles. The Morgan fingerprint density at radius 3 is 2.26 bits per heavy atom. The molecule has 1 aromatic heterocycles. The number of likely N-dealkylation sites (N-methyl/N-ethyl adjacent to an activating group) is 1. The summed E-state index contributed by atoms with van der Waals surface area (Å²) < 4.78 is 86.1. The Balaban J connectivity index is 1.39. The van der Waals surface area contributed by atoms with E-state index in [1.54, 1.807) is 19.1 Å². The molecule has 13 heteroatoms. The summed E-state index contributed by atoms with van der Waals surface area (Å²) in [5.41, 5.74) is -0.471. The minimum atomic E-state index is -4.47. The number of hydrogen-bond donors (Lipinski definition) is 1. The molecule has 1 aliphatic heterocycles. The highest BCUT2D eigenvalue weighted by Gasteiger charge is 2.58. The molecule has 0 atom stereocenters. The molecule has 0 radical (unpaired) electrons. The van der Waals surface area contributed by atoms with Crippen molar-refractivity contribution in [3.63, 3.8) is 0 Å². The lowest BCUT2D eigenvalue weighted by Gasteiger charge is -2.30. The SMILES string of the molecule is CCN(C1(C(=O)NCc2cc(-c3ccc(C(F)(F)F)cc3)nc(N3CCOCC3)c2)CC1)S(=O)(=O)c1ccc(F)cc1. The van der Waals surface area contributed by atoms with E-state index in [1.165, 1.54) is 24.3 Å². The molecule has 2 aromatic carbocycles. The first-order valence-electron chi connectivity index (χ1n) is 13.5. The van der Waals surface area contributed by atoms with Crippen LogP contribution in [-0.2, 0) is 32.3 Å². The van der Waals surface area contributed by atoms with Crippen LogP contribution in [0.2, 0.25) is 0 Å². The molecule has 2 fully saturated rings. The Kier molecular flexibility index (Phi) is 8.28. The summed E-state index contributed by atoms with van der Waals surface area (Å²) in [6.45, 7) is 3.87. The van der Waals surface area contributed by atoms with Gasteiger partial charge in [0.2, 0.25) is 15.9 Å². The molecule has 1 saturated carbocycles. The van der Waals surface area contributed by atoms with Crippen LogP contribution >= 0.6 is 0 Å². The standard InChI is InChI=1S/C29H30F4N4O4S/c1-2-37(42(39,40)24-9-7-23(30)8-10-24)28(11-12-28)27(38)34-19-20-17-25(21-3-5-22(6-4-21)29(31,32)33)35-26(18-20)36-13-15-41-16-14-36/h3-10,17-18H,2,11-16,19H2,1H3,(H,34,38). The van der Waals surface area contributed by atoms with E-state index in [0.29, 0.717) is 61.8 Å². The molecular weight excluding hydrogens is 576 g/mol. The zero-order chi connectivity index (χ0) is 30.1. The molecule has 3 aromatic rings. The minimum absolute atomic E-state index is 0.0433. The molecule has 1 N–H and O–H groups in total. The summed E-state index contributed by atoms with van der Waals surface area (Å²) >= 11 is 0. The lowest BCUT2D eigenvalue weighted by Crippen LogP contribution is -2.51. The number of ether oxygens (including phenoxy) is 1. The van der Waals surface area contributed by atoms with Gasteiger partial charge in [-0.1, -0.05) is 19.1 Å². The Bertz CT molecular complexity index is 1540. The van der Waals surface area contributed by atoms with Gasteiger partial charge < -0.3 is 15.0 Å². The molecule has 0 bridgehead atoms. The quantitative estimate of drug-likeness (QED) is 0.358. The van der Waals surface area contributed by atoms with Gasteiger partial charge in [0, 0.05) is 31.7 Å². The number of carbonyl (C=O) groups excluding carboxylic acids is 1. The monoisotopic (exact) mass is 606 g/mol. The van der Waals surface area contributed by atoms with E-state index in [4.69, 9.17) is 4.74 Å². The summed E-state index contributed by atoms with van der Waals surface area (Å²) in [6, 6.07) is 12.7. The molecule has 2 aliphatic rings. The molecule has 2 heterocycles. The molecule has 0 spiro atoms. The number of morpholine rings is 1. The molecule has 1 saturated heterocycles. The van der Waals surface area contributed by atoms with Gasteiger partial charge in [0.15, 0.2) is 0 Å². The fourth-order valence-electron chi connectivity index (χ4n) is 5.10. The lowest BCUT2D eigenvalue weighted by molar-refractivity contribution is -0.137. The number of nitrogens with zero attached hydrogens (tertiary/aromatic N) is 3. The second-order valence-electron chi connectivity index (χ2n) is 10.2. The van der Waals surface area contributed by atoms with Crippen LogP contribution in [0.4, 0.5) is 23.4 Å². The molecule has 224 valence electrons. The number of alkyl halides is 3. The summed E-state index contributed by atoms with van der Waals surface area (Å²) in [7, 11) is -4.07. The largest absolute Gasteiger partial charge is 0.416 e. The highest BCUT2D eigenvalue weighted by Crippen LogP contribution is 2.45. The first-order chi connectivity index (χ1) is 19.9. The number of hydrogen-bond acceptors (Lipinski definition) is 6. The number of aromatic nitrogens is 1. The van der Waals surface area contributed by atoms with E-state index >= 15 is 0 Å².